The smallest absolute Gasteiger partial charge is 0.0104 e. The van der Waals surface area contributed by atoms with Crippen molar-refractivity contribution in [2.24, 2.45) is 10.8 Å². The summed E-state index contributed by atoms with van der Waals surface area (Å²) in [5.41, 5.74) is 9.26. The molecule has 0 saturated carbocycles. The van der Waals surface area contributed by atoms with Crippen LogP contribution in [0.4, 0.5) is 0 Å². The molecule has 0 radical (unpaired) electrons. The van der Waals surface area contributed by atoms with Crippen LogP contribution in [0.3, 0.4) is 0 Å². The lowest BCUT2D eigenvalue weighted by atomic mass is 9.72. The molecule has 0 atom stereocenters. The molecule has 204 valence electrons. The van der Waals surface area contributed by atoms with Crippen LogP contribution < -0.4 is 0 Å². The summed E-state index contributed by atoms with van der Waals surface area (Å²) in [4.78, 5) is 0. The summed E-state index contributed by atoms with van der Waals surface area (Å²) < 4.78 is 0. The van der Waals surface area contributed by atoms with Gasteiger partial charge in [-0.15, -0.1) is 0 Å². The standard InChI is InChI=1S/C38H52/c1-31(25-27-35-33(3)23-19-29-37(35,5)6)21-17-15-13-11-9-10-12-14-16-18-22-32(2)26-28-36-34(4)24-20-30-38(36,7)8/h9-18,21-22,25-28H,19-20,23-24,29-30H2,1-8H3/b10-9+,13-11+,14-12+,17-15+,18-16+,27-25+,28-26+,31-21+,32-22+. The van der Waals surface area contributed by atoms with Crippen molar-refractivity contribution < 1.29 is 0 Å². The third-order valence-corrected chi connectivity index (χ3v) is 7.83. The van der Waals surface area contributed by atoms with Gasteiger partial charge in [0.05, 0.1) is 0 Å². The Bertz CT molecular complexity index is 1030. The molecule has 0 aromatic heterocycles. The Morgan fingerprint density at radius 2 is 0.842 bits per heavy atom. The second-order valence-corrected chi connectivity index (χ2v) is 12.3. The van der Waals surface area contributed by atoms with E-state index in [0.717, 1.165) is 0 Å². The van der Waals surface area contributed by atoms with E-state index in [2.05, 4.69) is 153 Å². The van der Waals surface area contributed by atoms with Gasteiger partial charge in [0.1, 0.15) is 0 Å². The monoisotopic (exact) mass is 508 g/mol. The Morgan fingerprint density at radius 1 is 0.526 bits per heavy atom. The number of hydrogen-bond donors (Lipinski definition) is 0. The maximum Gasteiger partial charge on any atom is -0.0104 e. The molecule has 2 rings (SSSR count). The fraction of sp³-hybridized carbons (Fsp3) is 0.421. The molecule has 0 aliphatic heterocycles. The largest absolute Gasteiger partial charge is 0.0696 e. The maximum absolute atomic E-state index is 2.37. The maximum atomic E-state index is 2.37. The van der Waals surface area contributed by atoms with Gasteiger partial charge in [0.2, 0.25) is 0 Å². The summed E-state index contributed by atoms with van der Waals surface area (Å²) in [6, 6.07) is 0. The summed E-state index contributed by atoms with van der Waals surface area (Å²) in [5.74, 6) is 0. The normalized spacial score (nSPS) is 21.9. The Hall–Kier alpha value is -2.86. The van der Waals surface area contributed by atoms with Crippen LogP contribution in [-0.4, -0.2) is 0 Å². The highest BCUT2D eigenvalue weighted by molar-refractivity contribution is 5.38. The molecule has 0 heterocycles. The van der Waals surface area contributed by atoms with Gasteiger partial charge < -0.3 is 0 Å². The van der Waals surface area contributed by atoms with Gasteiger partial charge in [-0.3, -0.25) is 0 Å². The topological polar surface area (TPSA) is 0 Å². The molecule has 0 unspecified atom stereocenters. The van der Waals surface area contributed by atoms with Crippen LogP contribution in [0, 0.1) is 10.8 Å². The van der Waals surface area contributed by atoms with E-state index in [1.165, 1.54) is 60.8 Å². The average molecular weight is 509 g/mol. The Balaban J connectivity index is 1.77. The highest BCUT2D eigenvalue weighted by Crippen LogP contribution is 2.41. The Labute approximate surface area is 235 Å². The molecule has 0 saturated heterocycles. The van der Waals surface area contributed by atoms with Gasteiger partial charge in [-0.1, -0.05) is 147 Å². The van der Waals surface area contributed by atoms with Crippen molar-refractivity contribution in [2.75, 3.05) is 0 Å². The van der Waals surface area contributed by atoms with Crippen LogP contribution in [0.5, 0.6) is 0 Å². The lowest BCUT2D eigenvalue weighted by molar-refractivity contribution is 0.376. The van der Waals surface area contributed by atoms with Gasteiger partial charge in [0.15, 0.2) is 0 Å². The summed E-state index contributed by atoms with van der Waals surface area (Å²) in [6.45, 7) is 18.4. The molecule has 0 N–H and O–H groups in total. The summed E-state index contributed by atoms with van der Waals surface area (Å²) in [7, 11) is 0. The zero-order valence-corrected chi connectivity index (χ0v) is 25.5. The molecule has 0 heteroatoms. The van der Waals surface area contributed by atoms with E-state index >= 15 is 0 Å². The van der Waals surface area contributed by atoms with E-state index in [4.69, 9.17) is 0 Å². The van der Waals surface area contributed by atoms with Gasteiger partial charge in [-0.2, -0.15) is 0 Å². The first kappa shape index (κ1) is 31.4. The zero-order valence-electron chi connectivity index (χ0n) is 25.5. The SMILES string of the molecule is CC1=C(/C=C/C(C)=C/C=C/C=C/C=C/C=C/C=C/C=C(C)/C=C/C2=C(C)CCCC2(C)C)C(C)(C)CCC1. The van der Waals surface area contributed by atoms with Gasteiger partial charge >= 0.3 is 0 Å². The van der Waals surface area contributed by atoms with Crippen molar-refractivity contribution in [3.8, 4) is 0 Å². The molecule has 2 aliphatic rings. The Morgan fingerprint density at radius 3 is 1.16 bits per heavy atom. The molecule has 0 spiro atoms. The second-order valence-electron chi connectivity index (χ2n) is 12.3. The van der Waals surface area contributed by atoms with Crippen LogP contribution in [0.15, 0.2) is 131 Å². The third kappa shape index (κ3) is 10.9. The summed E-state index contributed by atoms with van der Waals surface area (Å²) >= 11 is 0. The fourth-order valence-corrected chi connectivity index (χ4v) is 5.49. The average Bonchev–Trinajstić information content (AvgIpc) is 2.83. The summed E-state index contributed by atoms with van der Waals surface area (Å²) in [6.07, 6.45) is 41.9. The molecule has 38 heavy (non-hydrogen) atoms. The van der Waals surface area contributed by atoms with E-state index in [1.807, 2.05) is 0 Å². The minimum atomic E-state index is 0.296. The van der Waals surface area contributed by atoms with Gasteiger partial charge in [-0.25, -0.2) is 0 Å². The number of rotatable bonds is 10. The number of hydrogen-bond acceptors (Lipinski definition) is 0. The molecule has 0 aromatic carbocycles. The first-order chi connectivity index (χ1) is 18.0. The predicted molar refractivity (Wildman–Crippen MR) is 172 cm³/mol. The fourth-order valence-electron chi connectivity index (χ4n) is 5.49. The lowest BCUT2D eigenvalue weighted by Crippen LogP contribution is -2.19. The van der Waals surface area contributed by atoms with E-state index < -0.39 is 0 Å². The van der Waals surface area contributed by atoms with Crippen molar-refractivity contribution in [1.82, 2.24) is 0 Å². The third-order valence-electron chi connectivity index (χ3n) is 7.83. The molecule has 0 nitrogen and oxygen atoms in total. The van der Waals surface area contributed by atoms with Crippen LogP contribution in [0.1, 0.15) is 93.9 Å². The molecule has 0 fully saturated rings. The second kappa shape index (κ2) is 15.5. The van der Waals surface area contributed by atoms with E-state index in [1.54, 1.807) is 11.1 Å². The first-order valence-electron chi connectivity index (χ1n) is 14.5. The van der Waals surface area contributed by atoms with Crippen LogP contribution in [-0.2, 0) is 0 Å². The predicted octanol–water partition coefficient (Wildman–Crippen LogP) is 11.8. The highest BCUT2D eigenvalue weighted by Gasteiger charge is 2.27. The van der Waals surface area contributed by atoms with Crippen molar-refractivity contribution in [3.63, 3.8) is 0 Å². The Kier molecular flexibility index (Phi) is 12.8. The van der Waals surface area contributed by atoms with Crippen molar-refractivity contribution in [2.45, 2.75) is 93.9 Å². The first-order valence-corrected chi connectivity index (χ1v) is 14.5. The molecule has 0 amide bonds. The van der Waals surface area contributed by atoms with Crippen molar-refractivity contribution in [3.05, 3.63) is 131 Å². The highest BCUT2D eigenvalue weighted by atomic mass is 14.3. The molecule has 0 bridgehead atoms. The van der Waals surface area contributed by atoms with Gasteiger partial charge in [-0.05, 0) is 88.2 Å². The van der Waals surface area contributed by atoms with Gasteiger partial charge in [0, 0.05) is 0 Å². The molecular formula is C38H52. The zero-order chi connectivity index (χ0) is 28.0. The molecule has 0 aromatic rings. The lowest BCUT2D eigenvalue weighted by Gasteiger charge is -2.33. The quantitative estimate of drug-likeness (QED) is 0.257. The number of allylic oxidation sites excluding steroid dienone is 22. The van der Waals surface area contributed by atoms with E-state index in [-0.39, 0.29) is 0 Å². The summed E-state index contributed by atoms with van der Waals surface area (Å²) in [5, 5.41) is 0. The van der Waals surface area contributed by atoms with E-state index in [9.17, 15) is 0 Å². The van der Waals surface area contributed by atoms with Crippen molar-refractivity contribution >= 4 is 0 Å². The van der Waals surface area contributed by atoms with E-state index in [0.29, 0.717) is 10.8 Å². The van der Waals surface area contributed by atoms with Gasteiger partial charge in [0.25, 0.3) is 0 Å². The van der Waals surface area contributed by atoms with Crippen molar-refractivity contribution in [1.29, 1.82) is 0 Å². The minimum absolute atomic E-state index is 0.296. The van der Waals surface area contributed by atoms with Crippen LogP contribution in [0.2, 0.25) is 0 Å². The van der Waals surface area contributed by atoms with Crippen LogP contribution in [0.25, 0.3) is 0 Å². The molecular weight excluding hydrogens is 456 g/mol. The van der Waals surface area contributed by atoms with Crippen LogP contribution >= 0.6 is 0 Å². The molecule has 2 aliphatic carbocycles. The minimum Gasteiger partial charge on any atom is -0.0696 e.